The molecule has 0 aliphatic rings. The van der Waals surface area contributed by atoms with Gasteiger partial charge < -0.3 is 19.4 Å². The lowest BCUT2D eigenvalue weighted by atomic mass is 10.0. The molecule has 0 radical (unpaired) electrons. The highest BCUT2D eigenvalue weighted by molar-refractivity contribution is 7.47. The third-order valence-corrected chi connectivity index (χ3v) is 17.2. The lowest BCUT2D eigenvalue weighted by molar-refractivity contribution is -0.870. The molecule has 0 aliphatic heterocycles. The molecule has 0 saturated carbocycles. The number of nitrogens with zero attached hydrogens (tertiary/aromatic N) is 1. The van der Waals surface area contributed by atoms with Crippen LogP contribution in [0.2, 0.25) is 0 Å². The summed E-state index contributed by atoms with van der Waals surface area (Å²) in [5.41, 5.74) is 0. The van der Waals surface area contributed by atoms with Gasteiger partial charge in [-0.05, 0) is 89.5 Å². The van der Waals surface area contributed by atoms with E-state index in [2.05, 4.69) is 62.5 Å². The molecule has 0 rings (SSSR count). The Morgan fingerprint density at radius 3 is 1.12 bits per heavy atom. The Labute approximate surface area is 516 Å². The average molecular weight is 1190 g/mol. The summed E-state index contributed by atoms with van der Waals surface area (Å²) in [6.07, 6.45) is 79.8. The summed E-state index contributed by atoms with van der Waals surface area (Å²) < 4.78 is 30.8. The number of carbonyl (C=O) groups is 2. The van der Waals surface area contributed by atoms with Crippen LogP contribution < -0.4 is 5.32 Å². The smallest absolute Gasteiger partial charge is 0.456 e. The highest BCUT2D eigenvalue weighted by atomic mass is 31.2. The molecule has 0 aromatic carbocycles. The first-order valence-corrected chi connectivity index (χ1v) is 37.5. The molecule has 9 nitrogen and oxygen atoms in total. The van der Waals surface area contributed by atoms with Crippen LogP contribution in [0.25, 0.3) is 0 Å². The second-order valence-electron chi connectivity index (χ2n) is 25.8. The summed E-state index contributed by atoms with van der Waals surface area (Å²) in [4.78, 5) is 37.9. The number of allylic oxidation sites excluding steroid dienone is 7. The summed E-state index contributed by atoms with van der Waals surface area (Å²) >= 11 is 0. The summed E-state index contributed by atoms with van der Waals surface area (Å²) in [6, 6.07) is -0.849. The Balaban J connectivity index is 5.02. The van der Waals surface area contributed by atoms with E-state index in [4.69, 9.17) is 13.8 Å². The van der Waals surface area contributed by atoms with Crippen molar-refractivity contribution in [2.75, 3.05) is 40.9 Å². The van der Waals surface area contributed by atoms with Crippen molar-refractivity contribution in [2.24, 2.45) is 0 Å². The zero-order valence-electron chi connectivity index (χ0n) is 56.0. The third-order valence-electron chi connectivity index (χ3n) is 16.2. The summed E-state index contributed by atoms with van der Waals surface area (Å²) in [6.45, 7) is 7.03. The molecule has 0 heterocycles. The third kappa shape index (κ3) is 64.3. The topological polar surface area (TPSA) is 111 Å². The van der Waals surface area contributed by atoms with Crippen LogP contribution in [0.5, 0.6) is 0 Å². The highest BCUT2D eigenvalue weighted by Crippen LogP contribution is 2.43. The molecule has 0 fully saturated rings. The fourth-order valence-electron chi connectivity index (χ4n) is 10.7. The minimum Gasteiger partial charge on any atom is -0.456 e. The van der Waals surface area contributed by atoms with Gasteiger partial charge in [0.05, 0.1) is 33.8 Å². The van der Waals surface area contributed by atoms with E-state index < -0.39 is 20.0 Å². The van der Waals surface area contributed by atoms with Gasteiger partial charge in [-0.1, -0.05) is 301 Å². The van der Waals surface area contributed by atoms with E-state index in [0.29, 0.717) is 17.4 Å². The number of rotatable bonds is 66. The maximum Gasteiger partial charge on any atom is 0.472 e. The van der Waals surface area contributed by atoms with E-state index >= 15 is 0 Å². The molecule has 0 spiro atoms. The molecule has 2 N–H and O–H groups in total. The SMILES string of the molecule is CCCCC/C=C\C/C=C\CCCCCCCCCCCCCCCCCCCC(=O)NC(COP(=O)(O)OCC[N+](C)(C)C)C(/C=C\CCCCCCCCCCCCC)OC(=O)CCCCCCCCC/C=C/CCCCCCCC. The predicted molar refractivity (Wildman–Crippen MR) is 360 cm³/mol. The Kier molecular flexibility index (Phi) is 61.5. The first-order chi connectivity index (χ1) is 40.4. The van der Waals surface area contributed by atoms with Gasteiger partial charge in [-0.25, -0.2) is 4.57 Å². The van der Waals surface area contributed by atoms with Crippen molar-refractivity contribution < 1.29 is 37.3 Å². The van der Waals surface area contributed by atoms with Crippen LogP contribution in [0, 0.1) is 0 Å². The van der Waals surface area contributed by atoms with Gasteiger partial charge in [0.1, 0.15) is 19.3 Å². The minimum atomic E-state index is -4.45. The molecule has 83 heavy (non-hydrogen) atoms. The van der Waals surface area contributed by atoms with Crippen molar-refractivity contribution in [3.05, 3.63) is 48.6 Å². The van der Waals surface area contributed by atoms with Crippen molar-refractivity contribution in [3.63, 3.8) is 0 Å². The van der Waals surface area contributed by atoms with Crippen LogP contribution in [0.15, 0.2) is 48.6 Å². The lowest BCUT2D eigenvalue weighted by Crippen LogP contribution is -2.47. The maximum atomic E-state index is 13.6. The molecule has 1 amide bonds. The summed E-state index contributed by atoms with van der Waals surface area (Å²) in [5, 5.41) is 3.08. The van der Waals surface area contributed by atoms with Gasteiger partial charge in [-0.3, -0.25) is 18.6 Å². The van der Waals surface area contributed by atoms with Gasteiger partial charge in [0, 0.05) is 12.8 Å². The Hall–Kier alpha value is -2.03. The zero-order valence-corrected chi connectivity index (χ0v) is 56.8. The molecule has 0 aromatic heterocycles. The second kappa shape index (κ2) is 63.0. The molecule has 10 heteroatoms. The maximum absolute atomic E-state index is 13.6. The summed E-state index contributed by atoms with van der Waals surface area (Å²) in [5.74, 6) is -0.493. The average Bonchev–Trinajstić information content (AvgIpc) is 3.47. The zero-order chi connectivity index (χ0) is 60.7. The number of hydrogen-bond acceptors (Lipinski definition) is 6. The van der Waals surface area contributed by atoms with E-state index in [1.165, 1.54) is 257 Å². The minimum absolute atomic E-state index is 0.0413. The van der Waals surface area contributed by atoms with Crippen LogP contribution in [-0.4, -0.2) is 74.3 Å². The van der Waals surface area contributed by atoms with E-state index in [9.17, 15) is 19.0 Å². The van der Waals surface area contributed by atoms with Crippen molar-refractivity contribution in [3.8, 4) is 0 Å². The fourth-order valence-corrected chi connectivity index (χ4v) is 11.4. The number of nitrogens with one attached hydrogen (secondary N) is 1. The lowest BCUT2D eigenvalue weighted by Gasteiger charge is -2.27. The first kappa shape index (κ1) is 81.0. The van der Waals surface area contributed by atoms with Gasteiger partial charge >= 0.3 is 13.8 Å². The molecule has 488 valence electrons. The van der Waals surface area contributed by atoms with E-state index in [1.807, 2.05) is 33.3 Å². The normalized spacial score (nSPS) is 13.8. The quantitative estimate of drug-likeness (QED) is 0.0205. The molecule has 3 atom stereocenters. The Morgan fingerprint density at radius 2 is 0.735 bits per heavy atom. The second-order valence-corrected chi connectivity index (χ2v) is 27.2. The number of carbonyl (C=O) groups excluding carboxylic acids is 2. The predicted octanol–water partition coefficient (Wildman–Crippen LogP) is 22.8. The number of hydrogen-bond donors (Lipinski definition) is 2. The number of quaternary nitrogens is 1. The van der Waals surface area contributed by atoms with E-state index in [0.717, 1.165) is 64.2 Å². The molecule has 0 aliphatic carbocycles. The van der Waals surface area contributed by atoms with Crippen molar-refractivity contribution in [1.82, 2.24) is 5.32 Å². The van der Waals surface area contributed by atoms with E-state index in [1.54, 1.807) is 0 Å². The molecule has 0 bridgehead atoms. The van der Waals surface area contributed by atoms with Gasteiger partial charge in [0.2, 0.25) is 5.91 Å². The van der Waals surface area contributed by atoms with E-state index in [-0.39, 0.29) is 31.5 Å². The van der Waals surface area contributed by atoms with Gasteiger partial charge in [-0.15, -0.1) is 0 Å². The first-order valence-electron chi connectivity index (χ1n) is 36.0. The number of amides is 1. The number of likely N-dealkylation sites (N-methyl/N-ethyl adjacent to an activating group) is 1. The fraction of sp³-hybridized carbons (Fsp3) is 0.863. The number of unbranched alkanes of at least 4 members (excludes halogenated alkanes) is 44. The number of esters is 1. The van der Waals surface area contributed by atoms with Crippen LogP contribution in [0.3, 0.4) is 0 Å². The largest absolute Gasteiger partial charge is 0.472 e. The molecule has 3 unspecified atom stereocenters. The molecule has 0 aromatic rings. The number of phosphoric acid groups is 1. The Bertz CT molecular complexity index is 1560. The molecular formula is C73H140N2O7P+. The highest BCUT2D eigenvalue weighted by Gasteiger charge is 2.30. The van der Waals surface area contributed by atoms with Crippen LogP contribution >= 0.6 is 7.82 Å². The molecular weight excluding hydrogens is 1050 g/mol. The van der Waals surface area contributed by atoms with Crippen LogP contribution in [0.4, 0.5) is 0 Å². The summed E-state index contributed by atoms with van der Waals surface area (Å²) in [7, 11) is 1.51. The van der Waals surface area contributed by atoms with Crippen molar-refractivity contribution >= 4 is 19.7 Å². The van der Waals surface area contributed by atoms with Gasteiger partial charge in [0.25, 0.3) is 0 Å². The standard InChI is InChI=1S/C73H139N2O7P/c1-7-10-13-16-19-22-25-28-30-32-33-34-35-36-37-38-39-40-41-43-44-47-50-53-56-59-62-65-72(76)74-70(69-81-83(78,79)80-68-67-75(4,5)6)71(64-61-58-55-52-49-46-27-24-21-18-15-12-9-3)82-73(77)66-63-60-57-54-51-48-45-42-31-29-26-23-20-17-14-11-8-2/h19,22,28-31,61,64,70-71H,7-18,20-21,23-27,32-60,62-63,65-69H2,1-6H3,(H-,74,76,78,79)/p+1/b22-19-,30-28-,31-29+,64-61-. The number of phosphoric ester groups is 1. The van der Waals surface area contributed by atoms with Crippen molar-refractivity contribution in [1.29, 1.82) is 0 Å². The van der Waals surface area contributed by atoms with Gasteiger partial charge in [0.15, 0.2) is 0 Å². The van der Waals surface area contributed by atoms with Gasteiger partial charge in [-0.2, -0.15) is 0 Å². The Morgan fingerprint density at radius 1 is 0.422 bits per heavy atom. The molecule has 0 saturated heterocycles. The van der Waals surface area contributed by atoms with Crippen LogP contribution in [-0.2, 0) is 27.9 Å². The monoisotopic (exact) mass is 1190 g/mol. The van der Waals surface area contributed by atoms with Crippen molar-refractivity contribution in [2.45, 2.75) is 367 Å². The van der Waals surface area contributed by atoms with Crippen LogP contribution in [0.1, 0.15) is 355 Å². The number of ether oxygens (including phenoxy) is 1.